The van der Waals surface area contributed by atoms with Crippen molar-refractivity contribution in [3.63, 3.8) is 0 Å². The van der Waals surface area contributed by atoms with Crippen LogP contribution in [0.4, 0.5) is 10.5 Å². The molecule has 4 rings (SSSR count). The van der Waals surface area contributed by atoms with Crippen LogP contribution in [0.15, 0.2) is 71.6 Å². The van der Waals surface area contributed by atoms with E-state index in [9.17, 15) is 14.4 Å². The summed E-state index contributed by atoms with van der Waals surface area (Å²) in [5.74, 6) is 0.0962. The maximum absolute atomic E-state index is 12.9. The van der Waals surface area contributed by atoms with Crippen molar-refractivity contribution in [3.8, 4) is 11.5 Å². The second-order valence-electron chi connectivity index (χ2n) is 8.20. The van der Waals surface area contributed by atoms with E-state index >= 15 is 0 Å². The van der Waals surface area contributed by atoms with Gasteiger partial charge in [-0.05, 0) is 77.3 Å². The minimum absolute atomic E-state index is 0.142. The zero-order valence-corrected chi connectivity index (χ0v) is 21.9. The molecule has 1 heterocycles. The molecular formula is C28H25ClN2O5S. The highest BCUT2D eigenvalue weighted by Crippen LogP contribution is 2.35. The third-order valence-electron chi connectivity index (χ3n) is 5.59. The van der Waals surface area contributed by atoms with Gasteiger partial charge in [-0.3, -0.25) is 19.3 Å². The van der Waals surface area contributed by atoms with E-state index in [1.54, 1.807) is 42.5 Å². The van der Waals surface area contributed by atoms with Gasteiger partial charge in [-0.2, -0.15) is 0 Å². The molecule has 0 bridgehead atoms. The molecule has 3 aromatic carbocycles. The normalized spacial score (nSPS) is 14.2. The molecule has 3 aromatic rings. The summed E-state index contributed by atoms with van der Waals surface area (Å²) in [6.07, 6.45) is 2.55. The van der Waals surface area contributed by atoms with Crippen molar-refractivity contribution in [3.05, 3.63) is 93.3 Å². The number of carbonyl (C=O) groups excluding carboxylic acids is 3. The van der Waals surface area contributed by atoms with Crippen LogP contribution < -0.4 is 14.8 Å². The molecule has 190 valence electrons. The molecule has 3 amide bonds. The molecule has 1 fully saturated rings. The lowest BCUT2D eigenvalue weighted by Crippen LogP contribution is -2.27. The van der Waals surface area contributed by atoms with E-state index in [1.165, 1.54) is 17.6 Å². The Morgan fingerprint density at radius 3 is 2.51 bits per heavy atom. The summed E-state index contributed by atoms with van der Waals surface area (Å²) in [4.78, 5) is 39.2. The third kappa shape index (κ3) is 6.72. The number of imide groups is 1. The minimum Gasteiger partial charge on any atom is -0.493 e. The van der Waals surface area contributed by atoms with E-state index in [4.69, 9.17) is 21.1 Å². The summed E-state index contributed by atoms with van der Waals surface area (Å²) in [7, 11) is 1.49. The van der Waals surface area contributed by atoms with Gasteiger partial charge in [0.25, 0.3) is 17.1 Å². The topological polar surface area (TPSA) is 84.9 Å². The number of halogens is 1. The minimum atomic E-state index is -0.377. The summed E-state index contributed by atoms with van der Waals surface area (Å²) in [5.41, 5.74) is 3.29. The van der Waals surface area contributed by atoms with Gasteiger partial charge in [-0.15, -0.1) is 0 Å². The first-order chi connectivity index (χ1) is 17.9. The van der Waals surface area contributed by atoms with E-state index < -0.39 is 0 Å². The average Bonchev–Trinajstić information content (AvgIpc) is 3.15. The third-order valence-corrected chi connectivity index (χ3v) is 6.74. The standard InChI is InChI=1S/C28H25ClN2O5S/c1-3-18-7-10-22(11-8-18)30-26(32)17-36-23-12-9-19(14-24(23)35-2)15-25-27(33)31(28(34)37-25)16-20-5-4-6-21(29)13-20/h4-15H,3,16-17H2,1-2H3,(H,30,32)/b25-15-. The highest BCUT2D eigenvalue weighted by Gasteiger charge is 2.35. The van der Waals surface area contributed by atoms with Gasteiger partial charge in [0.15, 0.2) is 18.1 Å². The van der Waals surface area contributed by atoms with Crippen LogP contribution >= 0.6 is 23.4 Å². The molecule has 37 heavy (non-hydrogen) atoms. The molecule has 0 spiro atoms. The maximum Gasteiger partial charge on any atom is 0.293 e. The lowest BCUT2D eigenvalue weighted by Gasteiger charge is -2.13. The van der Waals surface area contributed by atoms with Gasteiger partial charge in [0.05, 0.1) is 18.6 Å². The Morgan fingerprint density at radius 2 is 1.81 bits per heavy atom. The number of rotatable bonds is 9. The molecule has 7 nitrogen and oxygen atoms in total. The van der Waals surface area contributed by atoms with Gasteiger partial charge in [0.2, 0.25) is 0 Å². The van der Waals surface area contributed by atoms with Crippen molar-refractivity contribution in [2.45, 2.75) is 19.9 Å². The number of thioether (sulfide) groups is 1. The van der Waals surface area contributed by atoms with Crippen LogP contribution in [0.1, 0.15) is 23.6 Å². The van der Waals surface area contributed by atoms with Crippen LogP contribution in [0.25, 0.3) is 6.08 Å². The number of hydrogen-bond donors (Lipinski definition) is 1. The van der Waals surface area contributed by atoms with Crippen molar-refractivity contribution in [2.75, 3.05) is 19.0 Å². The van der Waals surface area contributed by atoms with Gasteiger partial charge in [0, 0.05) is 10.7 Å². The Labute approximate surface area is 224 Å². The highest BCUT2D eigenvalue weighted by molar-refractivity contribution is 8.18. The second-order valence-corrected chi connectivity index (χ2v) is 9.63. The number of anilines is 1. The van der Waals surface area contributed by atoms with Crippen molar-refractivity contribution < 1.29 is 23.9 Å². The first-order valence-corrected chi connectivity index (χ1v) is 12.7. The Hall–Kier alpha value is -3.75. The van der Waals surface area contributed by atoms with Crippen molar-refractivity contribution in [2.24, 2.45) is 0 Å². The lowest BCUT2D eigenvalue weighted by atomic mass is 10.1. The van der Waals surface area contributed by atoms with Gasteiger partial charge in [-0.25, -0.2) is 0 Å². The quantitative estimate of drug-likeness (QED) is 0.329. The van der Waals surface area contributed by atoms with E-state index in [2.05, 4.69) is 12.2 Å². The van der Waals surface area contributed by atoms with Gasteiger partial charge < -0.3 is 14.8 Å². The summed E-state index contributed by atoms with van der Waals surface area (Å²) in [5, 5.41) is 2.99. The molecule has 1 saturated heterocycles. The Morgan fingerprint density at radius 1 is 1.03 bits per heavy atom. The molecule has 0 unspecified atom stereocenters. The van der Waals surface area contributed by atoms with Crippen LogP contribution in [0, 0.1) is 0 Å². The molecule has 9 heteroatoms. The van der Waals surface area contributed by atoms with Crippen LogP contribution in [0.3, 0.4) is 0 Å². The number of nitrogens with zero attached hydrogens (tertiary/aromatic N) is 1. The fraction of sp³-hybridized carbons (Fsp3) is 0.179. The monoisotopic (exact) mass is 536 g/mol. The molecule has 0 aromatic heterocycles. The molecular weight excluding hydrogens is 512 g/mol. The Balaban J connectivity index is 1.40. The molecule has 0 saturated carbocycles. The van der Waals surface area contributed by atoms with E-state index in [1.807, 2.05) is 30.3 Å². The van der Waals surface area contributed by atoms with Gasteiger partial charge >= 0.3 is 0 Å². The van der Waals surface area contributed by atoms with E-state index in [0.29, 0.717) is 32.7 Å². The van der Waals surface area contributed by atoms with Crippen LogP contribution in [-0.2, 0) is 22.6 Å². The second kappa shape index (κ2) is 12.0. The molecule has 1 N–H and O–H groups in total. The van der Waals surface area contributed by atoms with Crippen molar-refractivity contribution in [1.82, 2.24) is 4.90 Å². The number of nitrogens with one attached hydrogen (secondary N) is 1. The molecule has 0 atom stereocenters. The number of ether oxygens (including phenoxy) is 2. The largest absolute Gasteiger partial charge is 0.493 e. The summed E-state index contributed by atoms with van der Waals surface area (Å²) < 4.78 is 11.1. The SMILES string of the molecule is CCc1ccc(NC(=O)COc2ccc(/C=C3\SC(=O)N(Cc4cccc(Cl)c4)C3=O)cc2OC)cc1. The number of hydrogen-bond acceptors (Lipinski definition) is 6. The first-order valence-electron chi connectivity index (χ1n) is 11.6. The average molecular weight is 537 g/mol. The summed E-state index contributed by atoms with van der Waals surface area (Å²) >= 11 is 6.89. The lowest BCUT2D eigenvalue weighted by molar-refractivity contribution is -0.123. The Bertz CT molecular complexity index is 1360. The fourth-order valence-electron chi connectivity index (χ4n) is 3.66. The molecule has 1 aliphatic rings. The smallest absolute Gasteiger partial charge is 0.293 e. The van der Waals surface area contributed by atoms with E-state index in [-0.39, 0.29) is 30.2 Å². The number of amides is 3. The number of methoxy groups -OCH3 is 1. The van der Waals surface area contributed by atoms with Crippen LogP contribution in [0.5, 0.6) is 11.5 Å². The molecule has 1 aliphatic heterocycles. The number of aryl methyl sites for hydroxylation is 1. The fourth-order valence-corrected chi connectivity index (χ4v) is 4.71. The van der Waals surface area contributed by atoms with E-state index in [0.717, 1.165) is 23.7 Å². The van der Waals surface area contributed by atoms with Crippen LogP contribution in [-0.4, -0.2) is 35.7 Å². The molecule has 0 radical (unpaired) electrons. The van der Waals surface area contributed by atoms with Crippen LogP contribution in [0.2, 0.25) is 5.02 Å². The Kier molecular flexibility index (Phi) is 8.53. The van der Waals surface area contributed by atoms with Crippen molar-refractivity contribution >= 4 is 52.2 Å². The zero-order valence-electron chi connectivity index (χ0n) is 20.3. The van der Waals surface area contributed by atoms with Gasteiger partial charge in [-0.1, -0.05) is 48.9 Å². The number of carbonyl (C=O) groups is 3. The predicted octanol–water partition coefficient (Wildman–Crippen LogP) is 6.17. The molecule has 0 aliphatic carbocycles. The highest BCUT2D eigenvalue weighted by atomic mass is 35.5. The maximum atomic E-state index is 12.9. The van der Waals surface area contributed by atoms with Crippen molar-refractivity contribution in [1.29, 1.82) is 0 Å². The predicted molar refractivity (Wildman–Crippen MR) is 146 cm³/mol. The van der Waals surface area contributed by atoms with Gasteiger partial charge in [0.1, 0.15) is 0 Å². The summed E-state index contributed by atoms with van der Waals surface area (Å²) in [6.45, 7) is 2.01. The number of benzene rings is 3. The zero-order chi connectivity index (χ0) is 26.4. The first kappa shape index (κ1) is 26.3. The summed E-state index contributed by atoms with van der Waals surface area (Å²) in [6, 6.07) is 19.7.